The van der Waals surface area contributed by atoms with E-state index in [2.05, 4.69) is 4.98 Å². The van der Waals surface area contributed by atoms with E-state index in [1.807, 2.05) is 6.07 Å². The highest BCUT2D eigenvalue weighted by Crippen LogP contribution is 2.18. The zero-order valence-electron chi connectivity index (χ0n) is 6.71. The maximum Gasteiger partial charge on any atom is 0.126 e. The molecule has 2 heteroatoms. The maximum absolute atomic E-state index is 13.0. The van der Waals surface area contributed by atoms with Crippen molar-refractivity contribution in [1.82, 2.24) is 4.98 Å². The van der Waals surface area contributed by atoms with Gasteiger partial charge < -0.3 is 0 Å². The van der Waals surface area contributed by atoms with Crippen molar-refractivity contribution in [3.63, 3.8) is 0 Å². The van der Waals surface area contributed by atoms with E-state index in [4.69, 9.17) is 0 Å². The number of hydrogen-bond acceptors (Lipinski definition) is 1. The van der Waals surface area contributed by atoms with Crippen molar-refractivity contribution in [1.29, 1.82) is 0 Å². The Balaban J connectivity index is 2.91. The molecule has 2 aromatic rings. The lowest BCUT2D eigenvalue weighted by Crippen LogP contribution is -1.84. The number of halogens is 1. The summed E-state index contributed by atoms with van der Waals surface area (Å²) in [6.45, 7) is 1.76. The highest BCUT2D eigenvalue weighted by atomic mass is 19.1. The van der Waals surface area contributed by atoms with Crippen LogP contribution in [0.15, 0.2) is 30.6 Å². The third-order valence-corrected chi connectivity index (χ3v) is 2.03. The molecule has 1 aromatic carbocycles. The summed E-state index contributed by atoms with van der Waals surface area (Å²) >= 11 is 0. The predicted octanol–water partition coefficient (Wildman–Crippen LogP) is 2.68. The number of rotatable bonds is 0. The molecule has 0 unspecified atom stereocenters. The van der Waals surface area contributed by atoms with Crippen molar-refractivity contribution in [2.24, 2.45) is 0 Å². The van der Waals surface area contributed by atoms with Crippen molar-refractivity contribution in [2.45, 2.75) is 6.92 Å². The van der Waals surface area contributed by atoms with Gasteiger partial charge in [0.25, 0.3) is 0 Å². The largest absolute Gasteiger partial charge is 0.264 e. The first-order valence-electron chi connectivity index (χ1n) is 3.78. The van der Waals surface area contributed by atoms with Crippen LogP contribution in [0.2, 0.25) is 0 Å². The molecule has 1 nitrogen and oxygen atoms in total. The molecule has 0 saturated heterocycles. The molecule has 0 spiro atoms. The van der Waals surface area contributed by atoms with Gasteiger partial charge in [0.15, 0.2) is 0 Å². The number of fused-ring (bicyclic) bond motifs is 1. The fourth-order valence-electron chi connectivity index (χ4n) is 1.28. The molecule has 0 aliphatic carbocycles. The van der Waals surface area contributed by atoms with Gasteiger partial charge in [-0.15, -0.1) is 0 Å². The second-order valence-electron chi connectivity index (χ2n) is 2.77. The molecule has 12 heavy (non-hydrogen) atoms. The van der Waals surface area contributed by atoms with Gasteiger partial charge in [-0.05, 0) is 30.0 Å². The van der Waals surface area contributed by atoms with Gasteiger partial charge in [-0.1, -0.05) is 6.07 Å². The highest BCUT2D eigenvalue weighted by Gasteiger charge is 2.01. The molecule has 0 aliphatic rings. The normalized spacial score (nSPS) is 10.5. The van der Waals surface area contributed by atoms with E-state index in [9.17, 15) is 4.39 Å². The SMILES string of the molecule is Cc1c(F)ccc2ccncc12. The first-order valence-corrected chi connectivity index (χ1v) is 3.78. The molecule has 1 aromatic heterocycles. The van der Waals surface area contributed by atoms with E-state index in [1.54, 1.807) is 25.4 Å². The van der Waals surface area contributed by atoms with Crippen molar-refractivity contribution in [3.8, 4) is 0 Å². The molecule has 0 amide bonds. The van der Waals surface area contributed by atoms with Crippen LogP contribution in [0.25, 0.3) is 10.8 Å². The van der Waals surface area contributed by atoms with Gasteiger partial charge in [0.1, 0.15) is 5.82 Å². The van der Waals surface area contributed by atoms with Crippen molar-refractivity contribution in [2.75, 3.05) is 0 Å². The fourth-order valence-corrected chi connectivity index (χ4v) is 1.28. The molecule has 2 rings (SSSR count). The van der Waals surface area contributed by atoms with Gasteiger partial charge in [0.05, 0.1) is 0 Å². The summed E-state index contributed by atoms with van der Waals surface area (Å²) in [6.07, 6.45) is 3.40. The quantitative estimate of drug-likeness (QED) is 0.578. The van der Waals surface area contributed by atoms with Gasteiger partial charge in [-0.2, -0.15) is 0 Å². The van der Waals surface area contributed by atoms with Crippen LogP contribution in [0.3, 0.4) is 0 Å². The van der Waals surface area contributed by atoms with Crippen LogP contribution in [-0.2, 0) is 0 Å². The lowest BCUT2D eigenvalue weighted by Gasteiger charge is -2.00. The van der Waals surface area contributed by atoms with Crippen LogP contribution in [0.5, 0.6) is 0 Å². The second kappa shape index (κ2) is 2.55. The fraction of sp³-hybridized carbons (Fsp3) is 0.100. The summed E-state index contributed by atoms with van der Waals surface area (Å²) < 4.78 is 13.0. The zero-order valence-corrected chi connectivity index (χ0v) is 6.71. The summed E-state index contributed by atoms with van der Waals surface area (Å²) in [5, 5.41) is 1.92. The van der Waals surface area contributed by atoms with E-state index in [1.165, 1.54) is 6.07 Å². The standard InChI is InChI=1S/C10H8FN/c1-7-9-6-12-5-4-8(9)2-3-10(7)11/h2-6H,1H3. The molecule has 0 aliphatic heterocycles. The Morgan fingerprint density at radius 2 is 2.08 bits per heavy atom. The Labute approximate surface area is 69.9 Å². The van der Waals surface area contributed by atoms with Crippen molar-refractivity contribution in [3.05, 3.63) is 42.0 Å². The molecule has 0 saturated carbocycles. The topological polar surface area (TPSA) is 12.9 Å². The molecule has 1 heterocycles. The maximum atomic E-state index is 13.0. The van der Waals surface area contributed by atoms with Crippen LogP contribution < -0.4 is 0 Å². The summed E-state index contributed by atoms with van der Waals surface area (Å²) in [7, 11) is 0. The minimum atomic E-state index is -0.171. The highest BCUT2D eigenvalue weighted by molar-refractivity contribution is 5.84. The Hall–Kier alpha value is -1.44. The Kier molecular flexibility index (Phi) is 1.54. The summed E-state index contributed by atoms with van der Waals surface area (Å²) in [5.41, 5.74) is 0.667. The van der Waals surface area contributed by atoms with Crippen molar-refractivity contribution < 1.29 is 4.39 Å². The lowest BCUT2D eigenvalue weighted by molar-refractivity contribution is 0.621. The van der Waals surface area contributed by atoms with Gasteiger partial charge in [-0.3, -0.25) is 4.98 Å². The summed E-state index contributed by atoms with van der Waals surface area (Å²) in [4.78, 5) is 3.95. The van der Waals surface area contributed by atoms with Crippen LogP contribution in [-0.4, -0.2) is 4.98 Å². The van der Waals surface area contributed by atoms with Crippen LogP contribution in [0.4, 0.5) is 4.39 Å². The number of aromatic nitrogens is 1. The smallest absolute Gasteiger partial charge is 0.126 e. The number of pyridine rings is 1. The Bertz CT molecular complexity index is 423. The Morgan fingerprint density at radius 3 is 2.92 bits per heavy atom. The molecule has 60 valence electrons. The van der Waals surface area contributed by atoms with E-state index in [0.29, 0.717) is 5.56 Å². The lowest BCUT2D eigenvalue weighted by atomic mass is 10.1. The average molecular weight is 161 g/mol. The average Bonchev–Trinajstić information content (AvgIpc) is 2.12. The molecule has 0 radical (unpaired) electrons. The molecule has 0 fully saturated rings. The second-order valence-corrected chi connectivity index (χ2v) is 2.77. The summed E-state index contributed by atoms with van der Waals surface area (Å²) in [6, 6.07) is 5.12. The predicted molar refractivity (Wildman–Crippen MR) is 46.4 cm³/mol. The van der Waals surface area contributed by atoms with Crippen LogP contribution >= 0.6 is 0 Å². The minimum absolute atomic E-state index is 0.171. The summed E-state index contributed by atoms with van der Waals surface area (Å²) in [5.74, 6) is -0.171. The number of nitrogens with zero attached hydrogens (tertiary/aromatic N) is 1. The van der Waals surface area contributed by atoms with Gasteiger partial charge in [0, 0.05) is 17.8 Å². The van der Waals surface area contributed by atoms with Gasteiger partial charge in [0.2, 0.25) is 0 Å². The number of hydrogen-bond donors (Lipinski definition) is 0. The van der Waals surface area contributed by atoms with Gasteiger partial charge in [-0.25, -0.2) is 4.39 Å². The van der Waals surface area contributed by atoms with Crippen LogP contribution in [0.1, 0.15) is 5.56 Å². The molecular weight excluding hydrogens is 153 g/mol. The van der Waals surface area contributed by atoms with Gasteiger partial charge >= 0.3 is 0 Å². The van der Waals surface area contributed by atoms with Crippen LogP contribution in [0, 0.1) is 12.7 Å². The first-order chi connectivity index (χ1) is 5.79. The molecule has 0 N–H and O–H groups in total. The first kappa shape index (κ1) is 7.22. The van der Waals surface area contributed by atoms with Crippen molar-refractivity contribution >= 4 is 10.8 Å². The van der Waals surface area contributed by atoms with E-state index in [0.717, 1.165) is 10.8 Å². The molecule has 0 atom stereocenters. The number of benzene rings is 1. The van der Waals surface area contributed by atoms with E-state index < -0.39 is 0 Å². The molecule has 0 bridgehead atoms. The Morgan fingerprint density at radius 1 is 1.25 bits per heavy atom. The third-order valence-electron chi connectivity index (χ3n) is 2.03. The molecular formula is C10H8FN. The number of aryl methyl sites for hydroxylation is 1. The third kappa shape index (κ3) is 0.961. The van der Waals surface area contributed by atoms with E-state index in [-0.39, 0.29) is 5.82 Å². The van der Waals surface area contributed by atoms with E-state index >= 15 is 0 Å². The monoisotopic (exact) mass is 161 g/mol. The minimum Gasteiger partial charge on any atom is -0.264 e. The zero-order chi connectivity index (χ0) is 8.55.